The van der Waals surface area contributed by atoms with Gasteiger partial charge in [-0.15, -0.1) is 0 Å². The molecule has 1 aromatic carbocycles. The Kier molecular flexibility index (Phi) is 5.33. The Morgan fingerprint density at radius 3 is 2.59 bits per heavy atom. The summed E-state index contributed by atoms with van der Waals surface area (Å²) in [4.78, 5) is 10.9. The second-order valence-corrected chi connectivity index (χ2v) is 3.51. The van der Waals surface area contributed by atoms with E-state index >= 15 is 0 Å². The van der Waals surface area contributed by atoms with Gasteiger partial charge < -0.3 is 14.2 Å². The predicted molar refractivity (Wildman–Crippen MR) is 64.5 cm³/mol. The monoisotopic (exact) mass is 238 g/mol. The third-order valence-corrected chi connectivity index (χ3v) is 2.43. The van der Waals surface area contributed by atoms with Gasteiger partial charge in [0.25, 0.3) is 0 Å². The minimum atomic E-state index is -0.283. The van der Waals surface area contributed by atoms with E-state index < -0.39 is 0 Å². The number of esters is 1. The summed E-state index contributed by atoms with van der Waals surface area (Å²) in [6, 6.07) is 5.78. The molecule has 0 aliphatic carbocycles. The van der Waals surface area contributed by atoms with E-state index in [1.807, 2.05) is 18.2 Å². The van der Waals surface area contributed by atoms with Crippen LogP contribution in [0.2, 0.25) is 0 Å². The molecule has 0 saturated carbocycles. The van der Waals surface area contributed by atoms with Gasteiger partial charge in [0, 0.05) is 0 Å². The van der Waals surface area contributed by atoms with Gasteiger partial charge in [-0.3, -0.25) is 4.79 Å². The molecular formula is C13H18O4. The summed E-state index contributed by atoms with van der Waals surface area (Å²) < 4.78 is 15.2. The summed E-state index contributed by atoms with van der Waals surface area (Å²) in [6.45, 7) is 2.36. The van der Waals surface area contributed by atoms with Gasteiger partial charge in [-0.25, -0.2) is 0 Å². The third-order valence-electron chi connectivity index (χ3n) is 2.43. The van der Waals surface area contributed by atoms with Crippen LogP contribution in [-0.4, -0.2) is 26.8 Å². The van der Waals surface area contributed by atoms with Crippen LogP contribution in [0, 0.1) is 0 Å². The average molecular weight is 238 g/mol. The molecule has 0 aliphatic rings. The first-order chi connectivity index (χ1) is 8.21. The number of carbonyl (C=O) groups excluding carboxylic acids is 1. The van der Waals surface area contributed by atoms with Crippen LogP contribution in [0.4, 0.5) is 0 Å². The molecule has 0 radical (unpaired) electrons. The highest BCUT2D eigenvalue weighted by Gasteiger charge is 2.06. The lowest BCUT2D eigenvalue weighted by Gasteiger charge is -2.11. The molecule has 94 valence electrons. The maximum atomic E-state index is 10.9. The Morgan fingerprint density at radius 2 is 2.00 bits per heavy atom. The highest BCUT2D eigenvalue weighted by atomic mass is 16.5. The summed E-state index contributed by atoms with van der Waals surface area (Å²) >= 11 is 0. The van der Waals surface area contributed by atoms with Gasteiger partial charge in [-0.2, -0.15) is 0 Å². The van der Waals surface area contributed by atoms with E-state index in [1.54, 1.807) is 7.11 Å². The van der Waals surface area contributed by atoms with E-state index in [4.69, 9.17) is 9.47 Å². The normalized spacial score (nSPS) is 9.82. The quantitative estimate of drug-likeness (QED) is 0.713. The highest BCUT2D eigenvalue weighted by Crippen LogP contribution is 2.28. The van der Waals surface area contributed by atoms with Gasteiger partial charge >= 0.3 is 5.97 Å². The van der Waals surface area contributed by atoms with Gasteiger partial charge in [-0.05, 0) is 24.1 Å². The highest BCUT2D eigenvalue weighted by molar-refractivity contribution is 5.69. The molecule has 1 aromatic rings. The molecule has 0 saturated heterocycles. The maximum absolute atomic E-state index is 10.9. The van der Waals surface area contributed by atoms with Crippen LogP contribution in [0.1, 0.15) is 18.9 Å². The van der Waals surface area contributed by atoms with Gasteiger partial charge in [0.15, 0.2) is 11.5 Å². The zero-order valence-electron chi connectivity index (χ0n) is 10.5. The van der Waals surface area contributed by atoms with E-state index in [0.717, 1.165) is 6.42 Å². The van der Waals surface area contributed by atoms with E-state index in [-0.39, 0.29) is 19.0 Å². The van der Waals surface area contributed by atoms with Crippen LogP contribution in [-0.2, 0) is 16.0 Å². The Balaban J connectivity index is 2.61. The smallest absolute Gasteiger partial charge is 0.308 e. The zero-order valence-corrected chi connectivity index (χ0v) is 10.5. The van der Waals surface area contributed by atoms with Crippen molar-refractivity contribution in [1.82, 2.24) is 0 Å². The molecular weight excluding hydrogens is 220 g/mol. The van der Waals surface area contributed by atoms with Crippen LogP contribution in [0.3, 0.4) is 0 Å². The molecule has 0 fully saturated rings. The van der Waals surface area contributed by atoms with E-state index in [9.17, 15) is 4.79 Å². The molecule has 0 amide bonds. The molecule has 17 heavy (non-hydrogen) atoms. The van der Waals surface area contributed by atoms with Crippen molar-refractivity contribution in [2.24, 2.45) is 0 Å². The summed E-state index contributed by atoms with van der Waals surface area (Å²) in [6.07, 6.45) is 1.17. The standard InChI is InChI=1S/C13H18O4/c1-4-10-5-6-11(12(9-10)15-2)17-8-7-13(14)16-3/h5-6,9H,4,7-8H2,1-3H3. The van der Waals surface area contributed by atoms with Crippen LogP contribution in [0.25, 0.3) is 0 Å². The lowest BCUT2D eigenvalue weighted by Crippen LogP contribution is -2.08. The minimum absolute atomic E-state index is 0.231. The van der Waals surface area contributed by atoms with E-state index in [1.165, 1.54) is 12.7 Å². The Labute approximate surface area is 101 Å². The zero-order chi connectivity index (χ0) is 12.7. The fourth-order valence-electron chi connectivity index (χ4n) is 1.40. The second-order valence-electron chi connectivity index (χ2n) is 3.51. The minimum Gasteiger partial charge on any atom is -0.493 e. The topological polar surface area (TPSA) is 44.8 Å². The maximum Gasteiger partial charge on any atom is 0.308 e. The number of aryl methyl sites for hydroxylation is 1. The Bertz CT molecular complexity index is 374. The molecule has 0 heterocycles. The summed E-state index contributed by atoms with van der Waals surface area (Å²) in [5.41, 5.74) is 1.18. The van der Waals surface area contributed by atoms with Crippen LogP contribution in [0.15, 0.2) is 18.2 Å². The van der Waals surface area contributed by atoms with Crippen molar-refractivity contribution < 1.29 is 19.0 Å². The number of ether oxygens (including phenoxy) is 3. The fraction of sp³-hybridized carbons (Fsp3) is 0.462. The number of carbonyl (C=O) groups is 1. The molecule has 4 nitrogen and oxygen atoms in total. The first-order valence-electron chi connectivity index (χ1n) is 5.57. The molecule has 4 heteroatoms. The van der Waals surface area contributed by atoms with Crippen molar-refractivity contribution in [2.45, 2.75) is 19.8 Å². The predicted octanol–water partition coefficient (Wildman–Crippen LogP) is 2.20. The fourth-order valence-corrected chi connectivity index (χ4v) is 1.40. The van der Waals surface area contributed by atoms with E-state index in [2.05, 4.69) is 11.7 Å². The summed E-state index contributed by atoms with van der Waals surface area (Å²) in [7, 11) is 2.96. The van der Waals surface area contributed by atoms with Crippen molar-refractivity contribution in [1.29, 1.82) is 0 Å². The molecule has 0 aliphatic heterocycles. The third kappa shape index (κ3) is 3.98. The SMILES string of the molecule is CCc1ccc(OCCC(=O)OC)c(OC)c1. The summed E-state index contributed by atoms with van der Waals surface area (Å²) in [5, 5.41) is 0. The summed E-state index contributed by atoms with van der Waals surface area (Å²) in [5.74, 6) is 1.05. The first kappa shape index (κ1) is 13.4. The largest absolute Gasteiger partial charge is 0.493 e. The Hall–Kier alpha value is -1.71. The van der Waals surface area contributed by atoms with Gasteiger partial charge in [0.2, 0.25) is 0 Å². The molecule has 0 N–H and O–H groups in total. The first-order valence-corrected chi connectivity index (χ1v) is 5.57. The lowest BCUT2D eigenvalue weighted by molar-refractivity contribution is -0.141. The van der Waals surface area contributed by atoms with Gasteiger partial charge in [0.1, 0.15) is 0 Å². The average Bonchev–Trinajstić information content (AvgIpc) is 2.38. The van der Waals surface area contributed by atoms with Crippen LogP contribution < -0.4 is 9.47 Å². The number of hydrogen-bond acceptors (Lipinski definition) is 4. The number of methoxy groups -OCH3 is 2. The molecule has 0 bridgehead atoms. The molecule has 0 aromatic heterocycles. The number of hydrogen-bond donors (Lipinski definition) is 0. The van der Waals surface area contributed by atoms with Crippen LogP contribution in [0.5, 0.6) is 11.5 Å². The lowest BCUT2D eigenvalue weighted by atomic mass is 10.1. The van der Waals surface area contributed by atoms with Crippen molar-refractivity contribution in [3.8, 4) is 11.5 Å². The van der Waals surface area contributed by atoms with Crippen molar-refractivity contribution in [2.75, 3.05) is 20.8 Å². The number of benzene rings is 1. The molecule has 0 unspecified atom stereocenters. The van der Waals surface area contributed by atoms with Gasteiger partial charge in [-0.1, -0.05) is 13.0 Å². The van der Waals surface area contributed by atoms with Crippen LogP contribution >= 0.6 is 0 Å². The Morgan fingerprint density at radius 1 is 1.24 bits per heavy atom. The van der Waals surface area contributed by atoms with Crippen molar-refractivity contribution in [3.63, 3.8) is 0 Å². The second kappa shape index (κ2) is 6.78. The molecule has 0 spiro atoms. The van der Waals surface area contributed by atoms with Gasteiger partial charge in [0.05, 0.1) is 27.2 Å². The molecule has 0 atom stereocenters. The van der Waals surface area contributed by atoms with E-state index in [0.29, 0.717) is 11.5 Å². The van der Waals surface area contributed by atoms with Crippen molar-refractivity contribution in [3.05, 3.63) is 23.8 Å². The number of rotatable bonds is 6. The van der Waals surface area contributed by atoms with Crippen molar-refractivity contribution >= 4 is 5.97 Å². The molecule has 1 rings (SSSR count).